The van der Waals surface area contributed by atoms with E-state index in [1.807, 2.05) is 0 Å². The van der Waals surface area contributed by atoms with Gasteiger partial charge in [-0.05, 0) is 13.0 Å². The summed E-state index contributed by atoms with van der Waals surface area (Å²) in [7, 11) is 0. The molecule has 2 heterocycles. The number of rotatable bonds is 1. The van der Waals surface area contributed by atoms with Crippen LogP contribution in [0.15, 0.2) is 16.7 Å². The van der Waals surface area contributed by atoms with Gasteiger partial charge in [0.25, 0.3) is 5.89 Å². The second kappa shape index (κ2) is 2.81. The molecular weight excluding hydrogens is 170 g/mol. The third kappa shape index (κ3) is 1.46. The Balaban J connectivity index is 2.46. The number of aromatic nitrogens is 4. The molecule has 0 aliphatic rings. The highest BCUT2D eigenvalue weighted by molar-refractivity contribution is 5.45. The molecule has 6 nitrogen and oxygen atoms in total. The summed E-state index contributed by atoms with van der Waals surface area (Å²) < 4.78 is 4.99. The van der Waals surface area contributed by atoms with Gasteiger partial charge >= 0.3 is 6.01 Å². The molecule has 13 heavy (non-hydrogen) atoms. The summed E-state index contributed by atoms with van der Waals surface area (Å²) in [6.07, 6.45) is 1.62. The summed E-state index contributed by atoms with van der Waals surface area (Å²) >= 11 is 0. The molecule has 0 aliphatic carbocycles. The Hall–Kier alpha value is -1.98. The number of hydrogen-bond acceptors (Lipinski definition) is 6. The van der Waals surface area contributed by atoms with E-state index in [0.717, 1.165) is 0 Å². The van der Waals surface area contributed by atoms with E-state index < -0.39 is 0 Å². The quantitative estimate of drug-likeness (QED) is 0.678. The van der Waals surface area contributed by atoms with Crippen LogP contribution in [-0.4, -0.2) is 20.2 Å². The monoisotopic (exact) mass is 177 g/mol. The molecule has 0 aliphatic heterocycles. The highest BCUT2D eigenvalue weighted by Crippen LogP contribution is 2.14. The Morgan fingerprint density at radius 3 is 2.85 bits per heavy atom. The van der Waals surface area contributed by atoms with Gasteiger partial charge in [0.1, 0.15) is 11.5 Å². The molecule has 2 aromatic heterocycles. The van der Waals surface area contributed by atoms with Gasteiger partial charge in [0.05, 0.1) is 0 Å². The maximum atomic E-state index is 5.27. The molecule has 0 atom stereocenters. The van der Waals surface area contributed by atoms with Crippen molar-refractivity contribution in [2.24, 2.45) is 0 Å². The van der Waals surface area contributed by atoms with Gasteiger partial charge in [-0.1, -0.05) is 5.10 Å². The lowest BCUT2D eigenvalue weighted by Gasteiger charge is -1.93. The van der Waals surface area contributed by atoms with Gasteiger partial charge in [-0.15, -0.1) is 5.10 Å². The van der Waals surface area contributed by atoms with Gasteiger partial charge in [0.15, 0.2) is 0 Å². The molecule has 2 rings (SSSR count). The molecular formula is C7H7N5O. The fourth-order valence-corrected chi connectivity index (χ4v) is 0.913. The molecule has 0 unspecified atom stereocenters. The fraction of sp³-hybridized carbons (Fsp3) is 0.143. The Bertz CT molecular complexity index is 424. The summed E-state index contributed by atoms with van der Waals surface area (Å²) in [5, 5.41) is 7.22. The fourth-order valence-electron chi connectivity index (χ4n) is 0.913. The van der Waals surface area contributed by atoms with Crippen molar-refractivity contribution in [3.8, 4) is 11.6 Å². The van der Waals surface area contributed by atoms with E-state index in [9.17, 15) is 0 Å². The van der Waals surface area contributed by atoms with Crippen LogP contribution in [0.2, 0.25) is 0 Å². The first-order valence-corrected chi connectivity index (χ1v) is 3.65. The van der Waals surface area contributed by atoms with Crippen molar-refractivity contribution in [1.82, 2.24) is 20.2 Å². The minimum absolute atomic E-state index is 0.0336. The lowest BCUT2D eigenvalue weighted by molar-refractivity contribution is 0.587. The van der Waals surface area contributed by atoms with Crippen molar-refractivity contribution in [2.45, 2.75) is 6.92 Å². The number of nitrogens with two attached hydrogens (primary N) is 1. The number of aryl methyl sites for hydroxylation is 1. The van der Waals surface area contributed by atoms with Crippen LogP contribution in [0, 0.1) is 6.92 Å². The third-order valence-corrected chi connectivity index (χ3v) is 1.44. The molecule has 2 N–H and O–H groups in total. The lowest BCUT2D eigenvalue weighted by atomic mass is 10.4. The molecule has 0 saturated heterocycles. The van der Waals surface area contributed by atoms with Crippen molar-refractivity contribution in [3.63, 3.8) is 0 Å². The van der Waals surface area contributed by atoms with Gasteiger partial charge in [0.2, 0.25) is 0 Å². The molecule has 66 valence electrons. The summed E-state index contributed by atoms with van der Waals surface area (Å²) in [5.41, 5.74) is 5.85. The van der Waals surface area contributed by atoms with E-state index in [1.54, 1.807) is 19.2 Å². The van der Waals surface area contributed by atoms with E-state index in [1.165, 1.54) is 0 Å². The van der Waals surface area contributed by atoms with Crippen molar-refractivity contribution in [3.05, 3.63) is 18.1 Å². The predicted octanol–water partition coefficient (Wildman–Crippen LogP) is 0.417. The molecule has 0 fully saturated rings. The van der Waals surface area contributed by atoms with Crippen LogP contribution in [0.5, 0.6) is 0 Å². The molecule has 0 saturated carbocycles. The zero-order chi connectivity index (χ0) is 9.26. The van der Waals surface area contributed by atoms with Crippen molar-refractivity contribution < 1.29 is 4.42 Å². The SMILES string of the molecule is Cc1nccc(-c2nnc(N)o2)n1. The Morgan fingerprint density at radius 2 is 2.23 bits per heavy atom. The lowest BCUT2D eigenvalue weighted by Crippen LogP contribution is -1.89. The van der Waals surface area contributed by atoms with Gasteiger partial charge in [-0.2, -0.15) is 0 Å². The Kier molecular flexibility index (Phi) is 1.66. The van der Waals surface area contributed by atoms with Crippen molar-refractivity contribution in [1.29, 1.82) is 0 Å². The van der Waals surface area contributed by atoms with Crippen LogP contribution in [0.25, 0.3) is 11.6 Å². The highest BCUT2D eigenvalue weighted by Gasteiger charge is 2.07. The summed E-state index contributed by atoms with van der Waals surface area (Å²) in [4.78, 5) is 8.03. The zero-order valence-electron chi connectivity index (χ0n) is 6.93. The van der Waals surface area contributed by atoms with Crippen LogP contribution >= 0.6 is 0 Å². The Morgan fingerprint density at radius 1 is 1.38 bits per heavy atom. The van der Waals surface area contributed by atoms with Gasteiger partial charge in [0, 0.05) is 6.20 Å². The third-order valence-electron chi connectivity index (χ3n) is 1.44. The van der Waals surface area contributed by atoms with Crippen LogP contribution in [0.1, 0.15) is 5.82 Å². The number of nitrogens with zero attached hydrogens (tertiary/aromatic N) is 4. The standard InChI is InChI=1S/C7H7N5O/c1-4-9-3-2-5(10-4)6-11-12-7(8)13-6/h2-3H,1H3,(H2,8,12). The van der Waals surface area contributed by atoms with E-state index in [-0.39, 0.29) is 6.01 Å². The number of anilines is 1. The second-order valence-corrected chi connectivity index (χ2v) is 2.43. The number of hydrogen-bond donors (Lipinski definition) is 1. The van der Waals surface area contributed by atoms with Crippen molar-refractivity contribution >= 4 is 6.01 Å². The van der Waals surface area contributed by atoms with Gasteiger partial charge < -0.3 is 10.2 Å². The predicted molar refractivity (Wildman–Crippen MR) is 44.5 cm³/mol. The first-order chi connectivity index (χ1) is 6.25. The summed E-state index contributed by atoms with van der Waals surface area (Å²) in [5.74, 6) is 0.956. The summed E-state index contributed by atoms with van der Waals surface area (Å²) in [6, 6.07) is 1.71. The molecule has 0 aromatic carbocycles. The van der Waals surface area contributed by atoms with Crippen LogP contribution in [0.4, 0.5) is 6.01 Å². The van der Waals surface area contributed by atoms with Crippen molar-refractivity contribution in [2.75, 3.05) is 5.73 Å². The molecule has 0 amide bonds. The van der Waals surface area contributed by atoms with E-state index >= 15 is 0 Å². The molecule has 0 bridgehead atoms. The average molecular weight is 177 g/mol. The second-order valence-electron chi connectivity index (χ2n) is 2.43. The average Bonchev–Trinajstić information content (AvgIpc) is 2.52. The number of nitrogen functional groups attached to an aromatic ring is 1. The van der Waals surface area contributed by atoms with E-state index in [2.05, 4.69) is 20.2 Å². The highest BCUT2D eigenvalue weighted by atomic mass is 16.4. The maximum absolute atomic E-state index is 5.27. The van der Waals surface area contributed by atoms with Crippen LogP contribution in [-0.2, 0) is 0 Å². The first-order valence-electron chi connectivity index (χ1n) is 3.65. The topological polar surface area (TPSA) is 90.7 Å². The minimum Gasteiger partial charge on any atom is -0.402 e. The van der Waals surface area contributed by atoms with Crippen LogP contribution < -0.4 is 5.73 Å². The Labute approximate surface area is 73.8 Å². The van der Waals surface area contributed by atoms with E-state index in [0.29, 0.717) is 17.4 Å². The normalized spacial score (nSPS) is 10.2. The molecule has 0 radical (unpaired) electrons. The minimum atomic E-state index is 0.0336. The zero-order valence-corrected chi connectivity index (χ0v) is 6.93. The largest absolute Gasteiger partial charge is 0.402 e. The molecule has 6 heteroatoms. The first kappa shape index (κ1) is 7.66. The van der Waals surface area contributed by atoms with Crippen LogP contribution in [0.3, 0.4) is 0 Å². The molecule has 0 spiro atoms. The van der Waals surface area contributed by atoms with Gasteiger partial charge in [-0.25, -0.2) is 9.97 Å². The van der Waals surface area contributed by atoms with Gasteiger partial charge in [-0.3, -0.25) is 0 Å². The maximum Gasteiger partial charge on any atom is 0.313 e. The van der Waals surface area contributed by atoms with E-state index in [4.69, 9.17) is 10.2 Å². The molecule has 2 aromatic rings. The summed E-state index contributed by atoms with van der Waals surface area (Å²) in [6.45, 7) is 1.78. The smallest absolute Gasteiger partial charge is 0.313 e.